The maximum atomic E-state index is 12.7. The minimum atomic E-state index is -4.40. The van der Waals surface area contributed by atoms with Gasteiger partial charge in [0.1, 0.15) is 0 Å². The molecule has 0 aliphatic rings. The van der Waals surface area contributed by atoms with Crippen molar-refractivity contribution in [3.05, 3.63) is 77.9 Å². The highest BCUT2D eigenvalue weighted by Gasteiger charge is 2.30. The highest BCUT2D eigenvalue weighted by atomic mass is 19.4. The van der Waals surface area contributed by atoms with E-state index in [0.717, 1.165) is 12.1 Å². The molecule has 0 amide bonds. The maximum absolute atomic E-state index is 12.7. The van der Waals surface area contributed by atoms with Crippen LogP contribution in [0.5, 0.6) is 0 Å². The van der Waals surface area contributed by atoms with E-state index in [-0.39, 0.29) is 6.42 Å². The molecule has 0 saturated carbocycles. The summed E-state index contributed by atoms with van der Waals surface area (Å²) < 4.78 is 38.2. The highest BCUT2D eigenvalue weighted by Crippen LogP contribution is 2.31. The first-order valence-electron chi connectivity index (χ1n) is 6.53. The highest BCUT2D eigenvalue weighted by molar-refractivity contribution is 6.05. The van der Waals surface area contributed by atoms with Crippen LogP contribution in [0.15, 0.2) is 66.3 Å². The van der Waals surface area contributed by atoms with E-state index < -0.39 is 11.7 Å². The van der Waals surface area contributed by atoms with Crippen molar-refractivity contribution in [3.8, 4) is 0 Å². The van der Waals surface area contributed by atoms with E-state index in [0.29, 0.717) is 22.4 Å². The lowest BCUT2D eigenvalue weighted by molar-refractivity contribution is -0.137. The zero-order valence-corrected chi connectivity index (χ0v) is 11.6. The number of hydrogen-bond donors (Lipinski definition) is 1. The average molecular weight is 305 g/mol. The van der Waals surface area contributed by atoms with Crippen molar-refractivity contribution in [2.45, 2.75) is 12.6 Å². The number of nitrogens with zero attached hydrogens (tertiary/aromatic N) is 1. The summed E-state index contributed by atoms with van der Waals surface area (Å²) in [6.45, 7) is 3.80. The smallest absolute Gasteiger partial charge is 0.411 e. The van der Waals surface area contributed by atoms with Crippen molar-refractivity contribution >= 4 is 11.3 Å². The molecule has 0 unspecified atom stereocenters. The van der Waals surface area contributed by atoms with E-state index in [2.05, 4.69) is 11.7 Å². The number of alkyl halides is 3. The topological polar surface area (TPSA) is 32.6 Å². The van der Waals surface area contributed by atoms with Crippen LogP contribution >= 0.6 is 0 Å². The molecule has 2 aromatic carbocycles. The SMILES string of the molecule is C=C(C/C(=N\O)c1ccccc1)c1cccc(C(F)(F)F)c1. The minimum absolute atomic E-state index is 0.155. The number of hydrogen-bond acceptors (Lipinski definition) is 2. The molecule has 0 saturated heterocycles. The maximum Gasteiger partial charge on any atom is 0.416 e. The van der Waals surface area contributed by atoms with Gasteiger partial charge in [-0.3, -0.25) is 0 Å². The molecule has 114 valence electrons. The molecule has 2 aromatic rings. The van der Waals surface area contributed by atoms with Crippen molar-refractivity contribution in [1.82, 2.24) is 0 Å². The molecule has 22 heavy (non-hydrogen) atoms. The Bertz CT molecular complexity index is 691. The second-order valence-corrected chi connectivity index (χ2v) is 4.77. The van der Waals surface area contributed by atoms with Crippen LogP contribution < -0.4 is 0 Å². The second kappa shape index (κ2) is 6.47. The molecule has 2 nitrogen and oxygen atoms in total. The number of benzene rings is 2. The van der Waals surface area contributed by atoms with Gasteiger partial charge in [0.05, 0.1) is 11.3 Å². The minimum Gasteiger partial charge on any atom is -0.411 e. The molecule has 0 heterocycles. The third kappa shape index (κ3) is 3.75. The lowest BCUT2D eigenvalue weighted by atomic mass is 9.97. The fourth-order valence-electron chi connectivity index (χ4n) is 2.05. The third-order valence-electron chi connectivity index (χ3n) is 3.21. The van der Waals surface area contributed by atoms with Crippen molar-refractivity contribution in [3.63, 3.8) is 0 Å². The first-order valence-corrected chi connectivity index (χ1v) is 6.53. The predicted molar refractivity (Wildman–Crippen MR) is 79.9 cm³/mol. The van der Waals surface area contributed by atoms with Gasteiger partial charge < -0.3 is 5.21 Å². The predicted octanol–water partition coefficient (Wildman–Crippen LogP) is 4.99. The van der Waals surface area contributed by atoms with Gasteiger partial charge in [0, 0.05) is 6.42 Å². The molecule has 1 N–H and O–H groups in total. The quantitative estimate of drug-likeness (QED) is 0.482. The monoisotopic (exact) mass is 305 g/mol. The summed E-state index contributed by atoms with van der Waals surface area (Å²) in [5.74, 6) is 0. The number of allylic oxidation sites excluding steroid dienone is 1. The number of halogens is 3. The molecular weight excluding hydrogens is 291 g/mol. The molecule has 0 atom stereocenters. The van der Waals surface area contributed by atoms with E-state index in [1.807, 2.05) is 6.07 Å². The summed E-state index contributed by atoms with van der Waals surface area (Å²) in [5.41, 5.74) is 1.13. The van der Waals surface area contributed by atoms with Gasteiger partial charge in [-0.1, -0.05) is 54.2 Å². The van der Waals surface area contributed by atoms with Crippen molar-refractivity contribution in [2.24, 2.45) is 5.16 Å². The lowest BCUT2D eigenvalue weighted by Crippen LogP contribution is -2.06. The van der Waals surface area contributed by atoms with Crippen molar-refractivity contribution < 1.29 is 18.4 Å². The zero-order valence-electron chi connectivity index (χ0n) is 11.6. The van der Waals surface area contributed by atoms with Gasteiger partial charge >= 0.3 is 6.18 Å². The summed E-state index contributed by atoms with van der Waals surface area (Å²) in [6.07, 6.45) is -4.24. The van der Waals surface area contributed by atoms with Gasteiger partial charge in [0.25, 0.3) is 0 Å². The molecule has 0 aromatic heterocycles. The van der Waals surface area contributed by atoms with Crippen molar-refractivity contribution in [1.29, 1.82) is 0 Å². The Balaban J connectivity index is 2.22. The Morgan fingerprint density at radius 2 is 1.64 bits per heavy atom. The van der Waals surface area contributed by atoms with Gasteiger partial charge in [0.2, 0.25) is 0 Å². The van der Waals surface area contributed by atoms with Gasteiger partial charge in [-0.15, -0.1) is 0 Å². The van der Waals surface area contributed by atoms with Crippen LogP contribution in [-0.2, 0) is 6.18 Å². The summed E-state index contributed by atoms with van der Waals surface area (Å²) in [7, 11) is 0. The average Bonchev–Trinajstić information content (AvgIpc) is 2.52. The van der Waals surface area contributed by atoms with Crippen LogP contribution in [0.1, 0.15) is 23.1 Å². The van der Waals surface area contributed by atoms with Crippen LogP contribution in [0.25, 0.3) is 5.57 Å². The van der Waals surface area contributed by atoms with E-state index in [9.17, 15) is 13.2 Å². The fraction of sp³-hybridized carbons (Fsp3) is 0.118. The van der Waals surface area contributed by atoms with E-state index in [4.69, 9.17) is 5.21 Å². The van der Waals surface area contributed by atoms with Crippen LogP contribution in [0.4, 0.5) is 13.2 Å². The molecule has 0 bridgehead atoms. The molecule has 5 heteroatoms. The van der Waals surface area contributed by atoms with Crippen LogP contribution in [0.2, 0.25) is 0 Å². The largest absolute Gasteiger partial charge is 0.416 e. The zero-order chi connectivity index (χ0) is 16.2. The molecule has 0 spiro atoms. The summed E-state index contributed by atoms with van der Waals surface area (Å²) >= 11 is 0. The van der Waals surface area contributed by atoms with Gasteiger partial charge in [-0.25, -0.2) is 0 Å². The molecule has 0 aliphatic carbocycles. The van der Waals surface area contributed by atoms with Crippen LogP contribution in [0.3, 0.4) is 0 Å². The van der Waals surface area contributed by atoms with E-state index >= 15 is 0 Å². The van der Waals surface area contributed by atoms with Gasteiger partial charge in [0.15, 0.2) is 0 Å². The number of oxime groups is 1. The Morgan fingerprint density at radius 1 is 1.00 bits per heavy atom. The standard InChI is InChI=1S/C17H14F3NO/c1-12(10-16(21-22)13-6-3-2-4-7-13)14-8-5-9-15(11-14)17(18,19)20/h2-9,11,22H,1,10H2/b21-16+. The van der Waals surface area contributed by atoms with Gasteiger partial charge in [-0.05, 0) is 28.8 Å². The molecule has 2 rings (SSSR count). The Labute approximate surface area is 126 Å². The van der Waals surface area contributed by atoms with Crippen LogP contribution in [-0.4, -0.2) is 10.9 Å². The first kappa shape index (κ1) is 15.8. The summed E-state index contributed by atoms with van der Waals surface area (Å²) in [6, 6.07) is 13.8. The van der Waals surface area contributed by atoms with E-state index in [1.54, 1.807) is 30.3 Å². The summed E-state index contributed by atoms with van der Waals surface area (Å²) in [4.78, 5) is 0. The fourth-order valence-corrected chi connectivity index (χ4v) is 2.05. The molecular formula is C17H14F3NO. The second-order valence-electron chi connectivity index (χ2n) is 4.77. The molecule has 0 radical (unpaired) electrons. The Kier molecular flexibility index (Phi) is 4.65. The first-order chi connectivity index (χ1) is 10.4. The molecule has 0 fully saturated rings. The Hall–Kier alpha value is -2.56. The summed E-state index contributed by atoms with van der Waals surface area (Å²) in [5, 5.41) is 12.4. The normalized spacial score (nSPS) is 12.2. The Morgan fingerprint density at radius 3 is 2.23 bits per heavy atom. The molecule has 0 aliphatic heterocycles. The van der Waals surface area contributed by atoms with Crippen molar-refractivity contribution in [2.75, 3.05) is 0 Å². The third-order valence-corrected chi connectivity index (χ3v) is 3.21. The van der Waals surface area contributed by atoms with E-state index in [1.165, 1.54) is 6.07 Å². The van der Waals surface area contributed by atoms with Gasteiger partial charge in [-0.2, -0.15) is 13.2 Å². The number of rotatable bonds is 4. The lowest BCUT2D eigenvalue weighted by Gasteiger charge is -2.11. The van der Waals surface area contributed by atoms with Crippen LogP contribution in [0, 0.1) is 0 Å².